The number of esters is 2. The highest BCUT2D eigenvalue weighted by Gasteiger charge is 2.76. The van der Waals surface area contributed by atoms with Gasteiger partial charge >= 0.3 is 18.0 Å². The number of aliphatic hydroxyl groups excluding tert-OH is 3. The van der Waals surface area contributed by atoms with E-state index in [1.54, 1.807) is 13.8 Å². The average molecular weight is 694 g/mol. The van der Waals surface area contributed by atoms with E-state index in [-0.39, 0.29) is 36.7 Å². The maximum atomic E-state index is 14.4. The third-order valence-corrected chi connectivity index (χ3v) is 12.3. The van der Waals surface area contributed by atoms with Gasteiger partial charge in [-0.25, -0.2) is 9.59 Å². The lowest BCUT2D eigenvalue weighted by Gasteiger charge is -2.66. The van der Waals surface area contributed by atoms with E-state index < -0.39 is 101 Å². The van der Waals surface area contributed by atoms with Crippen LogP contribution in [0.2, 0.25) is 0 Å². The average Bonchev–Trinajstić information content (AvgIpc) is 3.04. The largest absolute Gasteiger partial charge is 0.459 e. The molecule has 14 heteroatoms. The van der Waals surface area contributed by atoms with Gasteiger partial charge in [-0.2, -0.15) is 0 Å². The van der Waals surface area contributed by atoms with Crippen molar-refractivity contribution in [2.45, 2.75) is 133 Å². The van der Waals surface area contributed by atoms with E-state index in [1.807, 2.05) is 0 Å². The van der Waals surface area contributed by atoms with Crippen LogP contribution in [0.4, 0.5) is 4.79 Å². The summed E-state index contributed by atoms with van der Waals surface area (Å²) >= 11 is 0. The Kier molecular flexibility index (Phi) is 10.2. The Hall–Kier alpha value is -2.88. The lowest BCUT2D eigenvalue weighted by molar-refractivity contribution is -0.345. The third kappa shape index (κ3) is 5.91. The van der Waals surface area contributed by atoms with Crippen molar-refractivity contribution in [3.63, 3.8) is 0 Å². The first-order chi connectivity index (χ1) is 22.9. The van der Waals surface area contributed by atoms with Gasteiger partial charge in [0.25, 0.3) is 0 Å². The fraction of sp³-hybridized carbons (Fsp3) is 0.771. The fourth-order valence-corrected chi connectivity index (χ4v) is 9.41. The maximum Gasteiger partial charge on any atom is 0.407 e. The molecule has 14 nitrogen and oxygen atoms in total. The summed E-state index contributed by atoms with van der Waals surface area (Å²) in [4.78, 5) is 53.4. The molecule has 2 bridgehead atoms. The van der Waals surface area contributed by atoms with E-state index in [9.17, 15) is 44.7 Å². The van der Waals surface area contributed by atoms with Crippen LogP contribution in [0.25, 0.3) is 0 Å². The zero-order chi connectivity index (χ0) is 36.3. The molecule has 49 heavy (non-hydrogen) atoms. The van der Waals surface area contributed by atoms with Crippen LogP contribution in [0, 0.1) is 22.7 Å². The van der Waals surface area contributed by atoms with Gasteiger partial charge in [-0.15, -0.1) is 0 Å². The summed E-state index contributed by atoms with van der Waals surface area (Å²) in [6.45, 7) is 10.3. The Morgan fingerprint density at radius 3 is 2.33 bits per heavy atom. The first kappa shape index (κ1) is 37.4. The number of amides is 1. The number of hydrogen-bond donors (Lipinski definition) is 6. The number of fused-ring (bicyclic) bond motifs is 5. The number of nitrogens with one attached hydrogen (secondary N) is 1. The summed E-state index contributed by atoms with van der Waals surface area (Å²) in [6.07, 6.45) is -5.31. The summed E-state index contributed by atoms with van der Waals surface area (Å²) in [5.74, 6) is -4.55. The van der Waals surface area contributed by atoms with Crippen molar-refractivity contribution in [3.05, 3.63) is 23.8 Å². The molecule has 5 aliphatic rings. The molecule has 1 heterocycles. The molecule has 0 aromatic carbocycles. The van der Waals surface area contributed by atoms with Gasteiger partial charge in [-0.3, -0.25) is 9.59 Å². The van der Waals surface area contributed by atoms with Crippen LogP contribution in [-0.4, -0.2) is 116 Å². The minimum Gasteiger partial charge on any atom is -0.459 e. The maximum absolute atomic E-state index is 14.4. The van der Waals surface area contributed by atoms with Gasteiger partial charge in [0.2, 0.25) is 0 Å². The number of hydrogen-bond acceptors (Lipinski definition) is 13. The summed E-state index contributed by atoms with van der Waals surface area (Å²) < 4.78 is 22.3. The van der Waals surface area contributed by atoms with Crippen LogP contribution in [-0.2, 0) is 33.3 Å². The second kappa shape index (κ2) is 13.3. The van der Waals surface area contributed by atoms with Gasteiger partial charge in [0, 0.05) is 31.1 Å². The molecule has 1 amide bonds. The van der Waals surface area contributed by atoms with Crippen molar-refractivity contribution in [1.82, 2.24) is 5.32 Å². The van der Waals surface area contributed by atoms with Crippen LogP contribution in [0.5, 0.6) is 0 Å². The van der Waals surface area contributed by atoms with Gasteiger partial charge in [0.1, 0.15) is 36.1 Å². The normalized spacial score (nSPS) is 39.8. The Morgan fingerprint density at radius 1 is 1.10 bits per heavy atom. The fourth-order valence-electron chi connectivity index (χ4n) is 9.41. The van der Waals surface area contributed by atoms with E-state index in [2.05, 4.69) is 11.9 Å². The number of carbonyl (C=O) groups is 4. The zero-order valence-electron chi connectivity index (χ0n) is 28.8. The van der Waals surface area contributed by atoms with Crippen molar-refractivity contribution in [2.75, 3.05) is 13.2 Å². The van der Waals surface area contributed by atoms with Crippen molar-refractivity contribution < 1.29 is 63.7 Å². The quantitative estimate of drug-likeness (QED) is 0.119. The third-order valence-electron chi connectivity index (χ3n) is 12.3. The van der Waals surface area contributed by atoms with Gasteiger partial charge in [-0.05, 0) is 43.8 Å². The van der Waals surface area contributed by atoms with E-state index in [0.29, 0.717) is 12.8 Å². The van der Waals surface area contributed by atoms with Crippen molar-refractivity contribution in [3.8, 4) is 0 Å². The van der Waals surface area contributed by atoms with E-state index >= 15 is 0 Å². The molecule has 0 spiro atoms. The number of ether oxygens (including phenoxy) is 4. The monoisotopic (exact) mass is 693 g/mol. The van der Waals surface area contributed by atoms with Gasteiger partial charge in [0.15, 0.2) is 11.9 Å². The Morgan fingerprint density at radius 2 is 1.76 bits per heavy atom. The molecular formula is C35H51NO13. The second-order valence-electron chi connectivity index (χ2n) is 15.3. The first-order valence-electron chi connectivity index (χ1n) is 17.1. The molecule has 4 fully saturated rings. The van der Waals surface area contributed by atoms with Crippen LogP contribution >= 0.6 is 0 Å². The molecule has 0 aromatic rings. The Balaban J connectivity index is 1.57. The summed E-state index contributed by atoms with van der Waals surface area (Å²) in [6, 6.07) is -1.07. The number of rotatable bonds is 8. The van der Waals surface area contributed by atoms with Crippen molar-refractivity contribution >= 4 is 23.8 Å². The number of alkyl carbamates (subject to hydrolysis) is 1. The van der Waals surface area contributed by atoms with Gasteiger partial charge in [-0.1, -0.05) is 45.8 Å². The highest BCUT2D eigenvalue weighted by Crippen LogP contribution is 2.63. The first-order valence-corrected chi connectivity index (χ1v) is 17.1. The van der Waals surface area contributed by atoms with Crippen molar-refractivity contribution in [2.24, 2.45) is 22.7 Å². The smallest absolute Gasteiger partial charge is 0.407 e. The topological polar surface area (TPSA) is 218 Å². The molecule has 0 radical (unpaired) electrons. The van der Waals surface area contributed by atoms with E-state index in [0.717, 1.165) is 26.2 Å². The molecule has 6 N–H and O–H groups in total. The molecular weight excluding hydrogens is 642 g/mol. The summed E-state index contributed by atoms with van der Waals surface area (Å²) in [5, 5.41) is 62.1. The molecule has 1 unspecified atom stereocenters. The van der Waals surface area contributed by atoms with Crippen molar-refractivity contribution in [1.29, 1.82) is 0 Å². The second-order valence-corrected chi connectivity index (χ2v) is 15.3. The molecule has 0 aromatic heterocycles. The molecule has 1 saturated heterocycles. The minimum absolute atomic E-state index is 0.00324. The number of ketones is 1. The molecule has 11 atom stereocenters. The highest BCUT2D eigenvalue weighted by molar-refractivity contribution is 5.93. The Labute approximate surface area is 285 Å². The van der Waals surface area contributed by atoms with E-state index in [4.69, 9.17) is 18.9 Å². The number of carbonyl (C=O) groups excluding carboxylic acids is 4. The Bertz CT molecular complexity index is 1390. The SMILES string of the molecule is C=CCOC(=O)N[C@@H](C1CCCCC1)[C@@H](O)C(=O)OC1C[C@@]2(O)[C@@H](OC(C)=O)[C@@H]3[C@]4(O)CO[C@@H]4C[C@H](O)[C@@]3(C)C(=O)[C@H](O)C(=C1C)C2(C)C. The van der Waals surface area contributed by atoms with Gasteiger partial charge in [0.05, 0.1) is 30.3 Å². The summed E-state index contributed by atoms with van der Waals surface area (Å²) in [5.41, 5.74) is -7.24. The molecule has 274 valence electrons. The minimum atomic E-state index is -2.21. The lowest BCUT2D eigenvalue weighted by atomic mass is 9.45. The van der Waals surface area contributed by atoms with Crippen LogP contribution in [0.3, 0.4) is 0 Å². The molecule has 5 rings (SSSR count). The summed E-state index contributed by atoms with van der Waals surface area (Å²) in [7, 11) is 0. The predicted molar refractivity (Wildman–Crippen MR) is 170 cm³/mol. The van der Waals surface area contributed by atoms with E-state index in [1.165, 1.54) is 19.9 Å². The van der Waals surface area contributed by atoms with Crippen LogP contribution in [0.15, 0.2) is 23.8 Å². The van der Waals surface area contributed by atoms with Crippen LogP contribution < -0.4 is 5.32 Å². The standard InChI is InChI=1S/C35H51NO13/c1-7-13-46-31(43)36-24(19-11-9-8-10-12-19)26(40)30(42)49-20-15-35(45)29(48-18(3)37)27-33(6,21(38)14-22-34(27,44)16-47-22)28(41)25(39)23(17(20)2)32(35,4)5/h7,19-22,24-27,29,38-40,44-45H,1,8-16H2,2-6H3,(H,36,43)/t20?,21-,22+,24-,25+,26+,27-,29-,33+,34-,35+/m0/s1. The molecule has 1 aliphatic heterocycles. The highest BCUT2D eigenvalue weighted by atomic mass is 16.6. The molecule has 4 aliphatic carbocycles. The van der Waals surface area contributed by atoms with Gasteiger partial charge < -0.3 is 49.8 Å². The van der Waals surface area contributed by atoms with Crippen LogP contribution in [0.1, 0.15) is 79.6 Å². The molecule has 3 saturated carbocycles. The number of Topliss-reactive ketones (excluding diaryl/α,β-unsaturated/α-hetero) is 1. The lowest BCUT2D eigenvalue weighted by Crippen LogP contribution is -2.81. The predicted octanol–water partition coefficient (Wildman–Crippen LogP) is 0.990. The number of aliphatic hydroxyl groups is 5. The zero-order valence-corrected chi connectivity index (χ0v) is 28.8.